The van der Waals surface area contributed by atoms with Crippen LogP contribution in [-0.4, -0.2) is 7.11 Å². The summed E-state index contributed by atoms with van der Waals surface area (Å²) in [7, 11) is -1.53. The molecule has 0 aromatic heterocycles. The lowest BCUT2D eigenvalue weighted by atomic mass is 10.1. The zero-order valence-corrected chi connectivity index (χ0v) is 19.1. The van der Waals surface area contributed by atoms with E-state index in [1.807, 2.05) is 0 Å². The Kier molecular flexibility index (Phi) is 7.47. The number of methoxy groups -OCH3 is 1. The molecule has 0 saturated carbocycles. The van der Waals surface area contributed by atoms with Crippen LogP contribution in [0.3, 0.4) is 0 Å². The van der Waals surface area contributed by atoms with E-state index in [1.165, 1.54) is 19.2 Å². The van der Waals surface area contributed by atoms with Gasteiger partial charge in [0.25, 0.3) is 0 Å². The van der Waals surface area contributed by atoms with E-state index in [1.54, 1.807) is 0 Å². The number of benzene rings is 3. The largest absolute Gasteiger partial charge is 0.497 e. The van der Waals surface area contributed by atoms with Gasteiger partial charge in [0.05, 0.1) is 29.4 Å². The fourth-order valence-corrected chi connectivity index (χ4v) is 5.73. The normalized spacial score (nSPS) is 13.5. The van der Waals surface area contributed by atoms with Crippen molar-refractivity contribution in [3.05, 3.63) is 82.9 Å². The monoisotopic (exact) mass is 566 g/mol. The predicted molar refractivity (Wildman–Crippen MR) is 110 cm³/mol. The van der Waals surface area contributed by atoms with E-state index in [0.717, 1.165) is 12.1 Å². The van der Waals surface area contributed by atoms with Crippen molar-refractivity contribution in [2.75, 3.05) is 7.11 Å². The van der Waals surface area contributed by atoms with Gasteiger partial charge in [0.1, 0.15) is 5.75 Å². The van der Waals surface area contributed by atoms with E-state index in [4.69, 9.17) is 4.74 Å². The minimum Gasteiger partial charge on any atom is -0.497 e. The summed E-state index contributed by atoms with van der Waals surface area (Å²) in [5.74, 6) is 0.179. The third-order valence-corrected chi connectivity index (χ3v) is 7.36. The van der Waals surface area contributed by atoms with Crippen molar-refractivity contribution in [3.63, 3.8) is 0 Å². The Morgan fingerprint density at radius 3 is 1.00 bits per heavy atom. The van der Waals surface area contributed by atoms with Gasteiger partial charge in [0.2, 0.25) is 0 Å². The van der Waals surface area contributed by atoms with E-state index in [-0.39, 0.29) is 22.8 Å². The van der Waals surface area contributed by atoms with Gasteiger partial charge in [-0.3, -0.25) is 0 Å². The number of hydrogen-bond donors (Lipinski definition) is 1. The molecule has 0 radical (unpaired) electrons. The van der Waals surface area contributed by atoms with Gasteiger partial charge in [-0.1, -0.05) is 0 Å². The highest BCUT2D eigenvalue weighted by atomic mass is 32.2. The predicted octanol–water partition coefficient (Wildman–Crippen LogP) is 9.25. The number of ether oxygens (including phenoxy) is 1. The summed E-state index contributed by atoms with van der Waals surface area (Å²) < 4.78 is 167. The highest BCUT2D eigenvalue weighted by Crippen LogP contribution is 2.55. The average Bonchev–Trinajstić information content (AvgIpc) is 2.77. The van der Waals surface area contributed by atoms with Gasteiger partial charge in [-0.15, -0.1) is 0 Å². The smallest absolute Gasteiger partial charge is 0.416 e. The SMILES string of the molecule is COc1ccc([SH](c2cc(C(F)(F)F)cc(C(F)(F)F)c2)c2cc(C(F)(F)F)cc(C(F)(F)F)c2)cc1. The third kappa shape index (κ3) is 6.65. The molecule has 202 valence electrons. The van der Waals surface area contributed by atoms with Crippen LogP contribution in [0.2, 0.25) is 0 Å². The van der Waals surface area contributed by atoms with Gasteiger partial charge in [-0.25, -0.2) is 0 Å². The van der Waals surface area contributed by atoms with Gasteiger partial charge in [0, 0.05) is 0 Å². The molecule has 0 bridgehead atoms. The fraction of sp³-hybridized carbons (Fsp3) is 0.217. The number of alkyl halides is 12. The molecule has 0 aliphatic rings. The molecule has 0 aliphatic heterocycles. The lowest BCUT2D eigenvalue weighted by Crippen LogP contribution is -2.12. The first-order valence-corrected chi connectivity index (χ1v) is 11.2. The van der Waals surface area contributed by atoms with Crippen LogP contribution in [0, 0.1) is 0 Å². The summed E-state index contributed by atoms with van der Waals surface area (Å²) in [5.41, 5.74) is -7.05. The second-order valence-electron chi connectivity index (χ2n) is 7.56. The molecule has 14 heteroatoms. The van der Waals surface area contributed by atoms with Crippen molar-refractivity contribution in [3.8, 4) is 5.75 Å². The van der Waals surface area contributed by atoms with Crippen molar-refractivity contribution in [1.29, 1.82) is 0 Å². The number of rotatable bonds is 4. The highest BCUT2D eigenvalue weighted by molar-refractivity contribution is 8.17. The Morgan fingerprint density at radius 2 is 0.757 bits per heavy atom. The van der Waals surface area contributed by atoms with Crippen molar-refractivity contribution in [2.24, 2.45) is 0 Å². The minimum atomic E-state index is -5.29. The van der Waals surface area contributed by atoms with Gasteiger partial charge < -0.3 is 4.74 Å². The summed E-state index contributed by atoms with van der Waals surface area (Å²) >= 11 is 0. The molecule has 1 nitrogen and oxygen atoms in total. The first kappa shape index (κ1) is 28.5. The Hall–Kier alpha value is -3.03. The van der Waals surface area contributed by atoms with Gasteiger partial charge in [0.15, 0.2) is 0 Å². The number of hydrogen-bond acceptors (Lipinski definition) is 1. The Morgan fingerprint density at radius 1 is 0.459 bits per heavy atom. The average molecular weight is 566 g/mol. The molecule has 3 rings (SSSR count). The molecule has 0 spiro atoms. The Balaban J connectivity index is 2.42. The van der Waals surface area contributed by atoms with Crippen LogP contribution in [0.4, 0.5) is 52.7 Å². The molecule has 0 atom stereocenters. The topological polar surface area (TPSA) is 9.23 Å². The Bertz CT molecular complexity index is 1120. The van der Waals surface area contributed by atoms with Crippen molar-refractivity contribution in [1.82, 2.24) is 0 Å². The fourth-order valence-electron chi connectivity index (χ4n) is 3.31. The van der Waals surface area contributed by atoms with Crippen molar-refractivity contribution < 1.29 is 57.4 Å². The zero-order valence-electron chi connectivity index (χ0n) is 18.2. The molecule has 0 N–H and O–H groups in total. The van der Waals surface area contributed by atoms with E-state index in [2.05, 4.69) is 0 Å². The van der Waals surface area contributed by atoms with Crippen LogP contribution in [0.1, 0.15) is 22.3 Å². The maximum atomic E-state index is 13.5. The van der Waals surface area contributed by atoms with E-state index in [0.29, 0.717) is 24.3 Å². The molecule has 0 aliphatic carbocycles. The van der Waals surface area contributed by atoms with Crippen molar-refractivity contribution in [2.45, 2.75) is 39.4 Å². The van der Waals surface area contributed by atoms with Crippen LogP contribution in [0.15, 0.2) is 75.4 Å². The molecule has 0 saturated heterocycles. The van der Waals surface area contributed by atoms with Crippen LogP contribution in [0.5, 0.6) is 5.75 Å². The molecular formula is C23H14F12OS. The van der Waals surface area contributed by atoms with Gasteiger partial charge >= 0.3 is 24.7 Å². The van der Waals surface area contributed by atoms with Crippen LogP contribution < -0.4 is 4.74 Å². The molecular weight excluding hydrogens is 552 g/mol. The molecule has 37 heavy (non-hydrogen) atoms. The second kappa shape index (κ2) is 9.69. The quantitative estimate of drug-likeness (QED) is 0.245. The van der Waals surface area contributed by atoms with Crippen LogP contribution >= 0.6 is 10.9 Å². The first-order chi connectivity index (χ1) is 16.8. The Labute approximate surface area is 204 Å². The van der Waals surface area contributed by atoms with E-state index < -0.39 is 67.6 Å². The minimum absolute atomic E-state index is 0.115. The molecule has 0 heterocycles. The number of thiol groups is 1. The van der Waals surface area contributed by atoms with Crippen molar-refractivity contribution >= 4 is 10.9 Å². The zero-order chi connectivity index (χ0) is 28.0. The molecule has 0 unspecified atom stereocenters. The lowest BCUT2D eigenvalue weighted by Gasteiger charge is -2.27. The maximum Gasteiger partial charge on any atom is 0.416 e. The van der Waals surface area contributed by atoms with Crippen LogP contribution in [0.25, 0.3) is 0 Å². The molecule has 3 aromatic rings. The standard InChI is InChI=1S/C23H14F12OS/c1-36-16-2-4-17(5-3-16)37(18-8-12(20(24,25)26)6-13(9-18)21(27,28)29)19-10-14(22(30,31)32)7-15(11-19)23(33,34)35/h2-11,37H,1H3. The maximum absolute atomic E-state index is 13.5. The lowest BCUT2D eigenvalue weighted by molar-refractivity contribution is -0.144. The molecule has 3 aromatic carbocycles. The highest BCUT2D eigenvalue weighted by Gasteiger charge is 2.40. The van der Waals surface area contributed by atoms with E-state index in [9.17, 15) is 52.7 Å². The second-order valence-corrected chi connectivity index (χ2v) is 9.78. The summed E-state index contributed by atoms with van der Waals surface area (Å²) in [6.07, 6.45) is -21.2. The molecule has 0 fully saturated rings. The summed E-state index contributed by atoms with van der Waals surface area (Å²) in [5, 5.41) is 0. The number of halogens is 12. The third-order valence-electron chi connectivity index (χ3n) is 4.99. The summed E-state index contributed by atoms with van der Waals surface area (Å²) in [4.78, 5) is -1.62. The summed E-state index contributed by atoms with van der Waals surface area (Å²) in [6.45, 7) is 0. The first-order valence-electron chi connectivity index (χ1n) is 9.84. The summed E-state index contributed by atoms with van der Waals surface area (Å²) in [6, 6.07) is 5.53. The van der Waals surface area contributed by atoms with Gasteiger partial charge in [-0.2, -0.15) is 63.6 Å². The van der Waals surface area contributed by atoms with Crippen LogP contribution in [-0.2, 0) is 24.7 Å². The van der Waals surface area contributed by atoms with E-state index >= 15 is 0 Å². The molecule has 0 amide bonds. The van der Waals surface area contributed by atoms with Gasteiger partial charge in [-0.05, 0) is 75.4 Å².